The molecule has 4 nitrogen and oxygen atoms in total. The number of benzene rings is 2. The lowest BCUT2D eigenvalue weighted by atomic mass is 10.1. The normalized spacial score (nSPS) is 13.8. The third-order valence-electron chi connectivity index (χ3n) is 4.49. The van der Waals surface area contributed by atoms with Gasteiger partial charge in [-0.3, -0.25) is 9.88 Å². The molecule has 0 spiro atoms. The van der Waals surface area contributed by atoms with Crippen LogP contribution in [0.25, 0.3) is 10.8 Å². The second kappa shape index (κ2) is 8.10. The molecule has 0 aliphatic carbocycles. The van der Waals surface area contributed by atoms with Gasteiger partial charge in [0.05, 0.1) is 0 Å². The number of nitrogens with zero attached hydrogens (tertiary/aromatic N) is 2. The highest BCUT2D eigenvalue weighted by Crippen LogP contribution is 2.21. The number of hydrogen-bond donors (Lipinski definition) is 1. The molecule has 0 aliphatic heterocycles. The van der Waals surface area contributed by atoms with Crippen molar-refractivity contribution in [3.63, 3.8) is 0 Å². The molecule has 1 N–H and O–H groups in total. The van der Waals surface area contributed by atoms with E-state index in [1.807, 2.05) is 55.7 Å². The van der Waals surface area contributed by atoms with Gasteiger partial charge in [-0.05, 0) is 48.5 Å². The van der Waals surface area contributed by atoms with Crippen LogP contribution >= 0.6 is 0 Å². The average Bonchev–Trinajstić information content (AvgIpc) is 2.66. The van der Waals surface area contributed by atoms with E-state index in [1.54, 1.807) is 6.20 Å². The molecule has 2 aromatic carbocycles. The largest absolute Gasteiger partial charge is 0.491 e. The zero-order chi connectivity index (χ0) is 17.6. The summed E-state index contributed by atoms with van der Waals surface area (Å²) < 4.78 is 5.77. The number of likely N-dealkylation sites (N-methyl/N-ethyl adjacent to an activating group) is 1. The molecule has 130 valence electrons. The Hall–Kier alpha value is -2.43. The summed E-state index contributed by atoms with van der Waals surface area (Å²) >= 11 is 0. The van der Waals surface area contributed by atoms with Crippen LogP contribution < -0.4 is 4.74 Å². The van der Waals surface area contributed by atoms with E-state index in [-0.39, 0.29) is 12.6 Å². The zero-order valence-corrected chi connectivity index (χ0v) is 14.7. The molecule has 0 saturated heterocycles. The molecule has 3 aromatic rings. The lowest BCUT2D eigenvalue weighted by Crippen LogP contribution is -2.34. The molecule has 0 aliphatic rings. The highest BCUT2D eigenvalue weighted by Gasteiger charge is 2.16. The number of aliphatic hydroxyl groups excluding tert-OH is 1. The first-order valence-electron chi connectivity index (χ1n) is 8.53. The van der Waals surface area contributed by atoms with Gasteiger partial charge in [0.2, 0.25) is 0 Å². The van der Waals surface area contributed by atoms with Gasteiger partial charge >= 0.3 is 0 Å². The molecule has 25 heavy (non-hydrogen) atoms. The van der Waals surface area contributed by atoms with Crippen molar-refractivity contribution in [3.05, 3.63) is 72.6 Å². The van der Waals surface area contributed by atoms with Crippen molar-refractivity contribution in [2.75, 3.05) is 20.2 Å². The lowest BCUT2D eigenvalue weighted by molar-refractivity contribution is 0.0654. The summed E-state index contributed by atoms with van der Waals surface area (Å²) in [5, 5.41) is 12.6. The van der Waals surface area contributed by atoms with Crippen molar-refractivity contribution >= 4 is 10.8 Å². The standard InChI is InChI=1S/C21H24N2O2/c1-16(19-8-5-11-22-13-19)23(2)14-20(24)15-25-21-10-9-17-6-3-4-7-18(17)12-21/h3-13,16,20,24H,14-15H2,1-2H3. The monoisotopic (exact) mass is 336 g/mol. The van der Waals surface area contributed by atoms with Crippen LogP contribution in [0.1, 0.15) is 18.5 Å². The molecule has 0 fully saturated rings. The molecule has 2 unspecified atom stereocenters. The quantitative estimate of drug-likeness (QED) is 0.715. The van der Waals surface area contributed by atoms with Crippen LogP contribution in [0.2, 0.25) is 0 Å². The summed E-state index contributed by atoms with van der Waals surface area (Å²) in [7, 11) is 2.00. The van der Waals surface area contributed by atoms with E-state index < -0.39 is 6.10 Å². The number of pyridine rings is 1. The van der Waals surface area contributed by atoms with Gasteiger partial charge in [-0.2, -0.15) is 0 Å². The Bertz CT molecular complexity index is 807. The molecule has 1 aromatic heterocycles. The van der Waals surface area contributed by atoms with Crippen molar-refractivity contribution in [1.29, 1.82) is 0 Å². The molecule has 0 radical (unpaired) electrons. The van der Waals surface area contributed by atoms with E-state index in [0.29, 0.717) is 6.54 Å². The smallest absolute Gasteiger partial charge is 0.120 e. The van der Waals surface area contributed by atoms with Gasteiger partial charge in [-0.25, -0.2) is 0 Å². The van der Waals surface area contributed by atoms with Gasteiger partial charge < -0.3 is 9.84 Å². The van der Waals surface area contributed by atoms with Crippen LogP contribution in [-0.2, 0) is 0 Å². The molecule has 1 heterocycles. The Morgan fingerprint density at radius 2 is 1.88 bits per heavy atom. The number of hydrogen-bond acceptors (Lipinski definition) is 4. The third-order valence-corrected chi connectivity index (χ3v) is 4.49. The molecule has 2 atom stereocenters. The summed E-state index contributed by atoms with van der Waals surface area (Å²) in [5.74, 6) is 0.778. The minimum Gasteiger partial charge on any atom is -0.491 e. The predicted molar refractivity (Wildman–Crippen MR) is 101 cm³/mol. The first-order chi connectivity index (χ1) is 12.1. The maximum Gasteiger partial charge on any atom is 0.120 e. The summed E-state index contributed by atoms with van der Waals surface area (Å²) in [4.78, 5) is 6.26. The van der Waals surface area contributed by atoms with Crippen LogP contribution in [0.3, 0.4) is 0 Å². The van der Waals surface area contributed by atoms with Crippen molar-refractivity contribution in [3.8, 4) is 5.75 Å². The van der Waals surface area contributed by atoms with Gasteiger partial charge in [0.15, 0.2) is 0 Å². The third kappa shape index (κ3) is 4.56. The van der Waals surface area contributed by atoms with Crippen LogP contribution in [0, 0.1) is 0 Å². The van der Waals surface area contributed by atoms with Crippen molar-refractivity contribution in [1.82, 2.24) is 9.88 Å². The van der Waals surface area contributed by atoms with Gasteiger partial charge in [-0.1, -0.05) is 36.4 Å². The minimum absolute atomic E-state index is 0.184. The van der Waals surface area contributed by atoms with E-state index in [9.17, 15) is 5.11 Å². The number of fused-ring (bicyclic) bond motifs is 1. The highest BCUT2D eigenvalue weighted by atomic mass is 16.5. The van der Waals surface area contributed by atoms with Gasteiger partial charge in [0, 0.05) is 25.0 Å². The topological polar surface area (TPSA) is 45.6 Å². The Kier molecular flexibility index (Phi) is 5.64. The average molecular weight is 336 g/mol. The Labute approximate surface area is 148 Å². The predicted octanol–water partition coefficient (Wildman–Crippen LogP) is 3.67. The zero-order valence-electron chi connectivity index (χ0n) is 14.7. The molecule has 0 amide bonds. The number of aliphatic hydroxyl groups is 1. The molecule has 0 saturated carbocycles. The van der Waals surface area contributed by atoms with Crippen molar-refractivity contribution < 1.29 is 9.84 Å². The van der Waals surface area contributed by atoms with E-state index in [2.05, 4.69) is 28.9 Å². The second-order valence-electron chi connectivity index (χ2n) is 6.38. The molecule has 0 bridgehead atoms. The molecule has 4 heteroatoms. The van der Waals surface area contributed by atoms with Gasteiger partial charge in [0.25, 0.3) is 0 Å². The number of aromatic nitrogens is 1. The minimum atomic E-state index is -0.560. The van der Waals surface area contributed by atoms with E-state index >= 15 is 0 Å². The van der Waals surface area contributed by atoms with Gasteiger partial charge in [-0.15, -0.1) is 0 Å². The first kappa shape index (κ1) is 17.4. The van der Waals surface area contributed by atoms with Crippen molar-refractivity contribution in [2.45, 2.75) is 19.1 Å². The number of ether oxygens (including phenoxy) is 1. The van der Waals surface area contributed by atoms with Gasteiger partial charge in [0.1, 0.15) is 18.5 Å². The number of rotatable bonds is 7. The van der Waals surface area contributed by atoms with Crippen LogP contribution in [0.15, 0.2) is 67.0 Å². The summed E-state index contributed by atoms with van der Waals surface area (Å²) in [5.41, 5.74) is 1.13. The molecular formula is C21H24N2O2. The summed E-state index contributed by atoms with van der Waals surface area (Å²) in [6.45, 7) is 2.90. The van der Waals surface area contributed by atoms with E-state index in [1.165, 1.54) is 5.39 Å². The first-order valence-corrected chi connectivity index (χ1v) is 8.53. The Morgan fingerprint density at radius 3 is 2.64 bits per heavy atom. The Balaban J connectivity index is 1.54. The van der Waals surface area contributed by atoms with E-state index in [4.69, 9.17) is 4.74 Å². The fraction of sp³-hybridized carbons (Fsp3) is 0.286. The molecule has 3 rings (SSSR count). The second-order valence-corrected chi connectivity index (χ2v) is 6.38. The van der Waals surface area contributed by atoms with Crippen LogP contribution in [0.4, 0.5) is 0 Å². The molecular weight excluding hydrogens is 312 g/mol. The summed E-state index contributed by atoms with van der Waals surface area (Å²) in [6, 6.07) is 18.3. The maximum absolute atomic E-state index is 10.3. The maximum atomic E-state index is 10.3. The fourth-order valence-electron chi connectivity index (χ4n) is 2.87. The fourth-order valence-corrected chi connectivity index (χ4v) is 2.87. The van der Waals surface area contributed by atoms with Crippen LogP contribution in [0.5, 0.6) is 5.75 Å². The lowest BCUT2D eigenvalue weighted by Gasteiger charge is -2.27. The SMILES string of the molecule is CC(c1cccnc1)N(C)CC(O)COc1ccc2ccccc2c1. The summed E-state index contributed by atoms with van der Waals surface area (Å²) in [6.07, 6.45) is 3.07. The highest BCUT2D eigenvalue weighted by molar-refractivity contribution is 5.83. The van der Waals surface area contributed by atoms with E-state index in [0.717, 1.165) is 16.7 Å². The van der Waals surface area contributed by atoms with Crippen molar-refractivity contribution in [2.24, 2.45) is 0 Å². The van der Waals surface area contributed by atoms with Crippen LogP contribution in [-0.4, -0.2) is 41.3 Å². The Morgan fingerprint density at radius 1 is 1.08 bits per heavy atom.